The van der Waals surface area contributed by atoms with Crippen molar-refractivity contribution >= 4 is 5.97 Å². The number of rotatable bonds is 18. The number of esters is 1. The summed E-state index contributed by atoms with van der Waals surface area (Å²) in [7, 11) is 0. The van der Waals surface area contributed by atoms with Crippen LogP contribution in [0.4, 0.5) is 0 Å². The van der Waals surface area contributed by atoms with E-state index in [1.807, 2.05) is 5.57 Å². The molecule has 0 aromatic rings. The van der Waals surface area contributed by atoms with Crippen molar-refractivity contribution in [1.29, 1.82) is 0 Å². The SMILES string of the molecule is CCCCCCCCCCCCCCC(=O)O[C@H]1CC[C@@]2(C)[C@@H](CC=C3[C@@H]2CC[C@]2(C)[C@@H]([C@H](C)/C=C/[C@H](C)C(C)C)CC[C@@H]32)C1. The molecule has 4 aliphatic carbocycles. The van der Waals surface area contributed by atoms with Gasteiger partial charge in [-0.1, -0.05) is 143 Å². The van der Waals surface area contributed by atoms with Crippen molar-refractivity contribution < 1.29 is 9.53 Å². The average Bonchev–Trinajstić information content (AvgIpc) is 3.37. The standard InChI is InChI=1S/C43H74O2/c1-8-9-10-11-12-13-14-15-16-17-18-19-20-41(44)45-36-27-29-42(6)35(31-36)23-24-37-39-26-25-38(43(39,7)30-28-40(37)42)34(5)22-21-33(4)32(2)3/h21-22,24,32-36,38-40H,8-20,23,25-31H2,1-7H3/b22-21+/t33-,34+,35-,36-,38+,39-,40-,42-,43+/m0/s1. The van der Waals surface area contributed by atoms with Crippen molar-refractivity contribution in [1.82, 2.24) is 0 Å². The molecule has 3 fully saturated rings. The number of hydrogen-bond acceptors (Lipinski definition) is 2. The lowest BCUT2D eigenvalue weighted by molar-refractivity contribution is -0.155. The van der Waals surface area contributed by atoms with Gasteiger partial charge in [0.2, 0.25) is 0 Å². The van der Waals surface area contributed by atoms with Crippen LogP contribution in [-0.2, 0) is 9.53 Å². The molecule has 2 nitrogen and oxygen atoms in total. The third kappa shape index (κ3) is 9.31. The highest BCUT2D eigenvalue weighted by atomic mass is 16.5. The van der Waals surface area contributed by atoms with Crippen molar-refractivity contribution in [3.05, 3.63) is 23.8 Å². The van der Waals surface area contributed by atoms with E-state index in [1.54, 1.807) is 0 Å². The monoisotopic (exact) mass is 623 g/mol. The minimum absolute atomic E-state index is 0.0686. The topological polar surface area (TPSA) is 26.3 Å². The molecule has 4 rings (SSSR count). The normalized spacial score (nSPS) is 34.2. The number of allylic oxidation sites excluding steroid dienone is 4. The lowest BCUT2D eigenvalue weighted by Gasteiger charge is -2.58. The lowest BCUT2D eigenvalue weighted by Crippen LogP contribution is -2.50. The summed E-state index contributed by atoms with van der Waals surface area (Å²) >= 11 is 0. The number of unbranched alkanes of at least 4 members (excludes halogenated alkanes) is 11. The van der Waals surface area contributed by atoms with Crippen LogP contribution in [0.15, 0.2) is 23.8 Å². The second-order valence-electron chi connectivity index (χ2n) is 17.3. The number of carbonyl (C=O) groups is 1. The van der Waals surface area contributed by atoms with Crippen molar-refractivity contribution in [2.24, 2.45) is 52.3 Å². The Hall–Kier alpha value is -1.05. The van der Waals surface area contributed by atoms with Gasteiger partial charge in [-0.05, 0) is 110 Å². The highest BCUT2D eigenvalue weighted by molar-refractivity contribution is 5.69. The molecule has 2 heteroatoms. The fourth-order valence-corrected chi connectivity index (χ4v) is 10.5. The fourth-order valence-electron chi connectivity index (χ4n) is 10.5. The molecule has 258 valence electrons. The fraction of sp³-hybridized carbons (Fsp3) is 0.884. The third-order valence-electron chi connectivity index (χ3n) is 14.0. The Morgan fingerprint density at radius 1 is 0.800 bits per heavy atom. The third-order valence-corrected chi connectivity index (χ3v) is 14.0. The van der Waals surface area contributed by atoms with E-state index in [0.29, 0.717) is 35.0 Å². The van der Waals surface area contributed by atoms with Gasteiger partial charge in [-0.25, -0.2) is 0 Å². The molecule has 0 bridgehead atoms. The van der Waals surface area contributed by atoms with Gasteiger partial charge in [-0.2, -0.15) is 0 Å². The van der Waals surface area contributed by atoms with Gasteiger partial charge in [-0.15, -0.1) is 0 Å². The van der Waals surface area contributed by atoms with E-state index in [0.717, 1.165) is 42.9 Å². The Labute approximate surface area is 280 Å². The van der Waals surface area contributed by atoms with Gasteiger partial charge in [0.25, 0.3) is 0 Å². The molecular weight excluding hydrogens is 548 g/mol. The summed E-state index contributed by atoms with van der Waals surface area (Å²) in [6, 6.07) is 0. The molecule has 3 saturated carbocycles. The number of hydrogen-bond donors (Lipinski definition) is 0. The first-order chi connectivity index (χ1) is 21.6. The Morgan fingerprint density at radius 3 is 2.04 bits per heavy atom. The maximum atomic E-state index is 12.8. The summed E-state index contributed by atoms with van der Waals surface area (Å²) in [6.45, 7) is 17.1. The average molecular weight is 623 g/mol. The molecule has 0 aliphatic heterocycles. The van der Waals surface area contributed by atoms with Crippen molar-refractivity contribution in [3.63, 3.8) is 0 Å². The minimum atomic E-state index is 0.0686. The van der Waals surface area contributed by atoms with Gasteiger partial charge in [0, 0.05) is 6.42 Å². The van der Waals surface area contributed by atoms with Gasteiger partial charge >= 0.3 is 5.97 Å². The van der Waals surface area contributed by atoms with Gasteiger partial charge < -0.3 is 4.74 Å². The van der Waals surface area contributed by atoms with E-state index in [2.05, 4.69) is 66.7 Å². The van der Waals surface area contributed by atoms with E-state index in [-0.39, 0.29) is 12.1 Å². The summed E-state index contributed by atoms with van der Waals surface area (Å²) in [5, 5.41) is 0. The second kappa shape index (κ2) is 17.4. The Bertz CT molecular complexity index is 961. The first-order valence-electron chi connectivity index (χ1n) is 20.2. The van der Waals surface area contributed by atoms with Crippen LogP contribution >= 0.6 is 0 Å². The zero-order valence-corrected chi connectivity index (χ0v) is 31.0. The van der Waals surface area contributed by atoms with Crippen LogP contribution in [0.5, 0.6) is 0 Å². The first kappa shape index (κ1) is 36.8. The van der Waals surface area contributed by atoms with E-state index in [4.69, 9.17) is 4.74 Å². The zero-order valence-electron chi connectivity index (χ0n) is 31.0. The number of carbonyl (C=O) groups excluding carboxylic acids is 1. The highest BCUT2D eigenvalue weighted by Gasteiger charge is 2.58. The highest BCUT2D eigenvalue weighted by Crippen LogP contribution is 2.67. The van der Waals surface area contributed by atoms with Crippen LogP contribution in [0.25, 0.3) is 0 Å². The lowest BCUT2D eigenvalue weighted by atomic mass is 9.47. The van der Waals surface area contributed by atoms with Gasteiger partial charge in [0.05, 0.1) is 0 Å². The molecule has 0 saturated heterocycles. The second-order valence-corrected chi connectivity index (χ2v) is 17.3. The molecule has 0 aromatic heterocycles. The Balaban J connectivity index is 1.19. The predicted octanol–water partition coefficient (Wildman–Crippen LogP) is 13.1. The van der Waals surface area contributed by atoms with Crippen LogP contribution in [0, 0.1) is 52.3 Å². The first-order valence-corrected chi connectivity index (χ1v) is 20.2. The number of fused-ring (bicyclic) bond motifs is 5. The van der Waals surface area contributed by atoms with Crippen LogP contribution < -0.4 is 0 Å². The van der Waals surface area contributed by atoms with Crippen LogP contribution in [0.1, 0.15) is 183 Å². The molecule has 0 unspecified atom stereocenters. The van der Waals surface area contributed by atoms with E-state index in [1.165, 1.54) is 109 Å². The summed E-state index contributed by atoms with van der Waals surface area (Å²) in [4.78, 5) is 12.8. The summed E-state index contributed by atoms with van der Waals surface area (Å²) in [6.07, 6.45) is 34.6. The van der Waals surface area contributed by atoms with Gasteiger partial charge in [0.1, 0.15) is 6.10 Å². The molecule has 0 N–H and O–H groups in total. The summed E-state index contributed by atoms with van der Waals surface area (Å²) in [5.74, 6) is 5.13. The number of ether oxygens (including phenoxy) is 1. The summed E-state index contributed by atoms with van der Waals surface area (Å²) in [5.41, 5.74) is 2.69. The molecule has 0 spiro atoms. The zero-order chi connectivity index (χ0) is 32.5. The largest absolute Gasteiger partial charge is 0.462 e. The molecule has 0 heterocycles. The van der Waals surface area contributed by atoms with Gasteiger partial charge in [-0.3, -0.25) is 4.79 Å². The maximum Gasteiger partial charge on any atom is 0.306 e. The maximum absolute atomic E-state index is 12.8. The van der Waals surface area contributed by atoms with Crippen LogP contribution in [0.2, 0.25) is 0 Å². The molecule has 9 atom stereocenters. The molecule has 45 heavy (non-hydrogen) atoms. The van der Waals surface area contributed by atoms with E-state index in [9.17, 15) is 4.79 Å². The minimum Gasteiger partial charge on any atom is -0.462 e. The molecule has 0 amide bonds. The quantitative estimate of drug-likeness (QED) is 0.0863. The van der Waals surface area contributed by atoms with E-state index >= 15 is 0 Å². The smallest absolute Gasteiger partial charge is 0.306 e. The summed E-state index contributed by atoms with van der Waals surface area (Å²) < 4.78 is 6.14. The predicted molar refractivity (Wildman–Crippen MR) is 193 cm³/mol. The van der Waals surface area contributed by atoms with Crippen molar-refractivity contribution in [2.45, 2.75) is 189 Å². The Morgan fingerprint density at radius 2 is 1.40 bits per heavy atom. The van der Waals surface area contributed by atoms with Crippen molar-refractivity contribution in [2.75, 3.05) is 0 Å². The van der Waals surface area contributed by atoms with E-state index < -0.39 is 0 Å². The van der Waals surface area contributed by atoms with Crippen molar-refractivity contribution in [3.8, 4) is 0 Å². The van der Waals surface area contributed by atoms with Crippen LogP contribution in [0.3, 0.4) is 0 Å². The molecular formula is C43H74O2. The Kier molecular flexibility index (Phi) is 14.2. The van der Waals surface area contributed by atoms with Crippen LogP contribution in [-0.4, -0.2) is 12.1 Å². The molecule has 0 radical (unpaired) electrons. The molecule has 0 aromatic carbocycles. The molecule has 4 aliphatic rings. The van der Waals surface area contributed by atoms with Gasteiger partial charge in [0.15, 0.2) is 0 Å².